The van der Waals surface area contributed by atoms with Gasteiger partial charge in [-0.1, -0.05) is 11.6 Å². The average Bonchev–Trinajstić information content (AvgIpc) is 3.15. The monoisotopic (exact) mass is 420 g/mol. The molecular weight excluding hydrogens is 407 g/mol. The van der Waals surface area contributed by atoms with E-state index >= 15 is 0 Å². The highest BCUT2D eigenvalue weighted by atomic mass is 35.5. The van der Waals surface area contributed by atoms with Crippen LogP contribution in [0.1, 0.15) is 0 Å². The van der Waals surface area contributed by atoms with Crippen molar-refractivity contribution in [2.24, 2.45) is 0 Å². The fourth-order valence-electron chi connectivity index (χ4n) is 2.56. The van der Waals surface area contributed by atoms with Crippen molar-refractivity contribution in [3.05, 3.63) is 52.6 Å². The number of carbonyl (C=O) groups is 1. The van der Waals surface area contributed by atoms with Crippen molar-refractivity contribution in [2.75, 3.05) is 25.1 Å². The Balaban J connectivity index is 1.38. The largest absolute Gasteiger partial charge is 0.486 e. The highest BCUT2D eigenvalue weighted by molar-refractivity contribution is 7.14. The van der Waals surface area contributed by atoms with Crippen LogP contribution in [0.2, 0.25) is 5.02 Å². The lowest BCUT2D eigenvalue weighted by atomic mass is 10.1. The number of thiazole rings is 1. The fraction of sp³-hybridized carbons (Fsp3) is 0.158. The van der Waals surface area contributed by atoms with Crippen molar-refractivity contribution >= 4 is 34.0 Å². The maximum atomic E-state index is 13.0. The predicted octanol–water partition coefficient (Wildman–Crippen LogP) is 4.39. The van der Waals surface area contributed by atoms with Gasteiger partial charge in [0, 0.05) is 10.9 Å². The summed E-state index contributed by atoms with van der Waals surface area (Å²) in [5, 5.41) is 5.03. The summed E-state index contributed by atoms with van der Waals surface area (Å²) >= 11 is 7.16. The molecule has 9 heteroatoms. The number of aromatic nitrogens is 1. The van der Waals surface area contributed by atoms with Crippen molar-refractivity contribution in [3.63, 3.8) is 0 Å². The maximum Gasteiger partial charge on any atom is 0.264 e. The van der Waals surface area contributed by atoms with E-state index in [1.165, 1.54) is 23.5 Å². The zero-order chi connectivity index (χ0) is 19.5. The third kappa shape index (κ3) is 4.18. The Morgan fingerprint density at radius 3 is 2.86 bits per heavy atom. The van der Waals surface area contributed by atoms with Crippen LogP contribution in [0.4, 0.5) is 9.52 Å². The first-order chi connectivity index (χ1) is 13.6. The Bertz CT molecular complexity index is 1030. The molecule has 6 nitrogen and oxygen atoms in total. The van der Waals surface area contributed by atoms with Gasteiger partial charge >= 0.3 is 0 Å². The summed E-state index contributed by atoms with van der Waals surface area (Å²) in [6.07, 6.45) is 0. The van der Waals surface area contributed by atoms with Gasteiger partial charge in [-0.15, -0.1) is 11.3 Å². The van der Waals surface area contributed by atoms with E-state index in [0.29, 0.717) is 35.5 Å². The molecule has 1 aliphatic rings. The Morgan fingerprint density at radius 2 is 2.04 bits per heavy atom. The van der Waals surface area contributed by atoms with Gasteiger partial charge in [-0.05, 0) is 36.4 Å². The number of carbonyl (C=O) groups excluding carboxylic acids is 1. The molecular formula is C19H14ClFN2O4S. The quantitative estimate of drug-likeness (QED) is 0.662. The van der Waals surface area contributed by atoms with Crippen LogP contribution in [0, 0.1) is 5.82 Å². The molecule has 1 aromatic heterocycles. The van der Waals surface area contributed by atoms with Gasteiger partial charge in [0.2, 0.25) is 0 Å². The summed E-state index contributed by atoms with van der Waals surface area (Å²) in [4.78, 5) is 16.5. The Morgan fingerprint density at radius 1 is 1.21 bits per heavy atom. The summed E-state index contributed by atoms with van der Waals surface area (Å²) in [5.74, 6) is 0.733. The molecule has 0 fully saturated rings. The van der Waals surface area contributed by atoms with E-state index in [-0.39, 0.29) is 17.4 Å². The summed E-state index contributed by atoms with van der Waals surface area (Å²) in [5.41, 5.74) is 1.56. The topological polar surface area (TPSA) is 69.7 Å². The summed E-state index contributed by atoms with van der Waals surface area (Å²) in [6.45, 7) is 0.765. The third-order valence-electron chi connectivity index (χ3n) is 3.84. The van der Waals surface area contributed by atoms with Crippen molar-refractivity contribution in [1.29, 1.82) is 0 Å². The molecule has 1 aliphatic heterocycles. The number of nitrogens with one attached hydrogen (secondary N) is 1. The zero-order valence-corrected chi connectivity index (χ0v) is 16.0. The predicted molar refractivity (Wildman–Crippen MR) is 104 cm³/mol. The van der Waals surface area contributed by atoms with Gasteiger partial charge in [0.1, 0.15) is 24.8 Å². The van der Waals surface area contributed by atoms with Crippen LogP contribution in [0.15, 0.2) is 41.8 Å². The van der Waals surface area contributed by atoms with E-state index < -0.39 is 11.7 Å². The summed E-state index contributed by atoms with van der Waals surface area (Å²) < 4.78 is 29.4. The first-order valence-electron chi connectivity index (χ1n) is 8.32. The molecule has 2 aromatic carbocycles. The molecule has 2 heterocycles. The zero-order valence-electron chi connectivity index (χ0n) is 14.4. The highest BCUT2D eigenvalue weighted by Crippen LogP contribution is 2.35. The van der Waals surface area contributed by atoms with Gasteiger partial charge in [-0.2, -0.15) is 0 Å². The number of fused-ring (bicyclic) bond motifs is 1. The molecule has 28 heavy (non-hydrogen) atoms. The molecule has 0 radical (unpaired) electrons. The molecule has 0 atom stereocenters. The lowest BCUT2D eigenvalue weighted by Crippen LogP contribution is -2.20. The van der Waals surface area contributed by atoms with Crippen LogP contribution in [-0.2, 0) is 4.79 Å². The van der Waals surface area contributed by atoms with E-state index in [1.807, 2.05) is 23.6 Å². The minimum Gasteiger partial charge on any atom is -0.486 e. The molecule has 1 N–H and O–H groups in total. The van der Waals surface area contributed by atoms with Crippen LogP contribution in [0.25, 0.3) is 11.3 Å². The molecule has 144 valence electrons. The van der Waals surface area contributed by atoms with Crippen LogP contribution in [0.3, 0.4) is 0 Å². The van der Waals surface area contributed by atoms with Crippen LogP contribution < -0.4 is 19.5 Å². The first kappa shape index (κ1) is 18.5. The molecule has 0 saturated carbocycles. The standard InChI is InChI=1S/C19H14ClFN2O4S/c20-13-8-12(21)2-4-15(13)27-9-18(24)23-19-22-14(10-28-19)11-1-3-16-17(7-11)26-6-5-25-16/h1-4,7-8,10H,5-6,9H2,(H,22,23,24). The first-order valence-corrected chi connectivity index (χ1v) is 9.57. The number of anilines is 1. The number of benzene rings is 2. The molecule has 4 rings (SSSR count). The summed E-state index contributed by atoms with van der Waals surface area (Å²) in [6, 6.07) is 9.27. The average molecular weight is 421 g/mol. The number of halogens is 2. The smallest absolute Gasteiger partial charge is 0.264 e. The fourth-order valence-corrected chi connectivity index (χ4v) is 3.51. The number of rotatable bonds is 5. The van der Waals surface area contributed by atoms with Crippen molar-refractivity contribution < 1.29 is 23.4 Å². The van der Waals surface area contributed by atoms with Gasteiger partial charge in [0.25, 0.3) is 5.91 Å². The molecule has 0 aliphatic carbocycles. The number of nitrogens with zero attached hydrogens (tertiary/aromatic N) is 1. The van der Waals surface area contributed by atoms with Crippen molar-refractivity contribution in [2.45, 2.75) is 0 Å². The minimum atomic E-state index is -0.476. The Kier molecular flexibility index (Phi) is 5.31. The molecule has 0 bridgehead atoms. The number of amides is 1. The summed E-state index contributed by atoms with van der Waals surface area (Å²) in [7, 11) is 0. The second kappa shape index (κ2) is 8.04. The molecule has 0 unspecified atom stereocenters. The van der Waals surface area contributed by atoms with E-state index in [2.05, 4.69) is 10.3 Å². The number of hydrogen-bond acceptors (Lipinski definition) is 6. The van der Waals surface area contributed by atoms with E-state index in [9.17, 15) is 9.18 Å². The van der Waals surface area contributed by atoms with Crippen molar-refractivity contribution in [3.8, 4) is 28.5 Å². The molecule has 0 spiro atoms. The van der Waals surface area contributed by atoms with Crippen molar-refractivity contribution in [1.82, 2.24) is 4.98 Å². The van der Waals surface area contributed by atoms with Gasteiger partial charge in [-0.25, -0.2) is 9.37 Å². The Labute approximate surface area is 168 Å². The minimum absolute atomic E-state index is 0.0999. The Hall–Kier alpha value is -2.84. The van der Waals surface area contributed by atoms with Crippen LogP contribution >= 0.6 is 22.9 Å². The van der Waals surface area contributed by atoms with Crippen LogP contribution in [-0.4, -0.2) is 30.7 Å². The van der Waals surface area contributed by atoms with Gasteiger partial charge in [-0.3, -0.25) is 10.1 Å². The SMILES string of the molecule is O=C(COc1ccc(F)cc1Cl)Nc1nc(-c2ccc3c(c2)OCCO3)cs1. The molecule has 1 amide bonds. The number of hydrogen-bond donors (Lipinski definition) is 1. The van der Waals surface area contributed by atoms with Gasteiger partial charge in [0.15, 0.2) is 23.2 Å². The van der Waals surface area contributed by atoms with Gasteiger partial charge < -0.3 is 14.2 Å². The third-order valence-corrected chi connectivity index (χ3v) is 4.89. The van der Waals surface area contributed by atoms with Crippen LogP contribution in [0.5, 0.6) is 17.2 Å². The second-order valence-corrected chi connectivity index (χ2v) is 7.07. The maximum absolute atomic E-state index is 13.0. The van der Waals surface area contributed by atoms with E-state index in [0.717, 1.165) is 11.6 Å². The lowest BCUT2D eigenvalue weighted by molar-refractivity contribution is -0.118. The highest BCUT2D eigenvalue weighted by Gasteiger charge is 2.15. The molecule has 0 saturated heterocycles. The van der Waals surface area contributed by atoms with E-state index in [4.69, 9.17) is 25.8 Å². The van der Waals surface area contributed by atoms with Gasteiger partial charge in [0.05, 0.1) is 10.7 Å². The molecule has 3 aromatic rings. The lowest BCUT2D eigenvalue weighted by Gasteiger charge is -2.18. The number of ether oxygens (including phenoxy) is 3. The second-order valence-electron chi connectivity index (χ2n) is 5.81. The normalized spacial score (nSPS) is 12.5. The van der Waals surface area contributed by atoms with E-state index in [1.54, 1.807) is 0 Å².